The minimum absolute atomic E-state index is 0. The largest absolute Gasteiger partial charge is 0.456 e. The van der Waals surface area contributed by atoms with Crippen molar-refractivity contribution in [3.8, 4) is 11.5 Å². The van der Waals surface area contributed by atoms with Crippen molar-refractivity contribution < 1.29 is 4.74 Å². The van der Waals surface area contributed by atoms with E-state index in [-0.39, 0.29) is 12.4 Å². The summed E-state index contributed by atoms with van der Waals surface area (Å²) >= 11 is 5.96. The number of hydrogen-bond donors (Lipinski definition) is 1. The summed E-state index contributed by atoms with van der Waals surface area (Å²) in [7, 11) is 0. The van der Waals surface area contributed by atoms with Crippen LogP contribution in [0.2, 0.25) is 5.02 Å². The summed E-state index contributed by atoms with van der Waals surface area (Å²) in [6.07, 6.45) is 0. The maximum absolute atomic E-state index is 5.96. The first kappa shape index (κ1) is 12.7. The van der Waals surface area contributed by atoms with Crippen molar-refractivity contribution in [1.82, 2.24) is 0 Å². The molecule has 0 heterocycles. The highest BCUT2D eigenvalue weighted by Crippen LogP contribution is 2.28. The van der Waals surface area contributed by atoms with Gasteiger partial charge in [0, 0.05) is 5.69 Å². The lowest BCUT2D eigenvalue weighted by atomic mass is 10.3. The fourth-order valence-electron chi connectivity index (χ4n) is 1.19. The van der Waals surface area contributed by atoms with Crippen molar-refractivity contribution in [2.45, 2.75) is 0 Å². The molecule has 0 amide bonds. The average molecular weight is 256 g/mol. The van der Waals surface area contributed by atoms with E-state index in [1.54, 1.807) is 30.3 Å². The molecule has 2 nitrogen and oxygen atoms in total. The molecule has 0 bridgehead atoms. The van der Waals surface area contributed by atoms with Crippen LogP contribution in [-0.4, -0.2) is 0 Å². The van der Waals surface area contributed by atoms with Crippen molar-refractivity contribution in [3.05, 3.63) is 53.6 Å². The number of rotatable bonds is 2. The molecule has 2 rings (SSSR count). The molecular formula is C12H11Cl2NO. The monoisotopic (exact) mass is 255 g/mol. The van der Waals surface area contributed by atoms with Crippen LogP contribution in [0.3, 0.4) is 0 Å². The van der Waals surface area contributed by atoms with Crippen LogP contribution in [-0.2, 0) is 0 Å². The molecule has 0 aliphatic rings. The number of nitrogens with two attached hydrogens (primary N) is 1. The van der Waals surface area contributed by atoms with Gasteiger partial charge < -0.3 is 10.5 Å². The molecular weight excluding hydrogens is 245 g/mol. The third kappa shape index (κ3) is 3.05. The minimum Gasteiger partial charge on any atom is -0.456 e. The number of benzene rings is 2. The van der Waals surface area contributed by atoms with E-state index in [0.717, 1.165) is 5.75 Å². The van der Waals surface area contributed by atoms with Gasteiger partial charge in [-0.15, -0.1) is 12.4 Å². The van der Waals surface area contributed by atoms with E-state index in [0.29, 0.717) is 16.5 Å². The molecule has 0 unspecified atom stereocenters. The number of ether oxygens (including phenoxy) is 1. The Balaban J connectivity index is 0.00000128. The van der Waals surface area contributed by atoms with Crippen LogP contribution in [0, 0.1) is 0 Å². The van der Waals surface area contributed by atoms with Gasteiger partial charge in [0.15, 0.2) is 0 Å². The summed E-state index contributed by atoms with van der Waals surface area (Å²) in [5.41, 5.74) is 6.28. The standard InChI is InChI=1S/C12H10ClNO.ClH/c13-11-3-1-2-4-12(11)15-10-7-5-9(14)6-8-10;/h1-8H,14H2;1H. The normalized spacial score (nSPS) is 9.31. The summed E-state index contributed by atoms with van der Waals surface area (Å²) < 4.78 is 5.58. The Morgan fingerprint density at radius 2 is 1.56 bits per heavy atom. The van der Waals surface area contributed by atoms with Crippen molar-refractivity contribution in [1.29, 1.82) is 0 Å². The predicted molar refractivity (Wildman–Crippen MR) is 69.6 cm³/mol. The fourth-order valence-corrected chi connectivity index (χ4v) is 1.36. The second-order valence-corrected chi connectivity index (χ2v) is 3.51. The molecule has 0 aliphatic heterocycles. The van der Waals surface area contributed by atoms with Crippen molar-refractivity contribution in [2.75, 3.05) is 5.73 Å². The predicted octanol–water partition coefficient (Wildman–Crippen LogP) is 4.14. The summed E-state index contributed by atoms with van der Waals surface area (Å²) in [5, 5.41) is 0.592. The molecule has 2 aromatic rings. The zero-order valence-electron chi connectivity index (χ0n) is 8.39. The Morgan fingerprint density at radius 3 is 2.19 bits per heavy atom. The van der Waals surface area contributed by atoms with Gasteiger partial charge in [0.25, 0.3) is 0 Å². The molecule has 2 N–H and O–H groups in total. The van der Waals surface area contributed by atoms with Crippen molar-refractivity contribution in [3.63, 3.8) is 0 Å². The van der Waals surface area contributed by atoms with Gasteiger partial charge in [-0.05, 0) is 36.4 Å². The highest BCUT2D eigenvalue weighted by atomic mass is 35.5. The third-order valence-corrected chi connectivity index (χ3v) is 2.26. The van der Waals surface area contributed by atoms with E-state index >= 15 is 0 Å². The van der Waals surface area contributed by atoms with Crippen LogP contribution in [0.5, 0.6) is 11.5 Å². The number of anilines is 1. The van der Waals surface area contributed by atoms with Gasteiger partial charge in [-0.2, -0.15) is 0 Å². The van der Waals surface area contributed by atoms with Crippen molar-refractivity contribution >= 4 is 29.7 Å². The summed E-state index contributed by atoms with van der Waals surface area (Å²) in [5.74, 6) is 1.36. The topological polar surface area (TPSA) is 35.2 Å². The molecule has 0 aromatic heterocycles. The third-order valence-electron chi connectivity index (χ3n) is 1.94. The van der Waals surface area contributed by atoms with Crippen LogP contribution in [0.15, 0.2) is 48.5 Å². The van der Waals surface area contributed by atoms with Crippen LogP contribution < -0.4 is 10.5 Å². The van der Waals surface area contributed by atoms with Gasteiger partial charge in [-0.3, -0.25) is 0 Å². The van der Waals surface area contributed by atoms with E-state index in [4.69, 9.17) is 22.1 Å². The highest BCUT2D eigenvalue weighted by Gasteiger charge is 2.00. The molecule has 0 saturated carbocycles. The second kappa shape index (κ2) is 5.64. The molecule has 16 heavy (non-hydrogen) atoms. The first-order valence-electron chi connectivity index (χ1n) is 4.53. The average Bonchev–Trinajstić information content (AvgIpc) is 2.25. The van der Waals surface area contributed by atoms with Crippen LogP contribution in [0.4, 0.5) is 5.69 Å². The Morgan fingerprint density at radius 1 is 0.938 bits per heavy atom. The van der Waals surface area contributed by atoms with Gasteiger partial charge in [-0.25, -0.2) is 0 Å². The van der Waals surface area contributed by atoms with Crippen LogP contribution in [0.25, 0.3) is 0 Å². The SMILES string of the molecule is Cl.Nc1ccc(Oc2ccccc2Cl)cc1. The number of nitrogen functional groups attached to an aromatic ring is 1. The Labute approximate surface area is 105 Å². The molecule has 84 valence electrons. The van der Waals surface area contributed by atoms with Gasteiger partial charge in [0.05, 0.1) is 5.02 Å². The van der Waals surface area contributed by atoms with E-state index in [2.05, 4.69) is 0 Å². The first-order valence-corrected chi connectivity index (χ1v) is 4.91. The number of halogens is 2. The van der Waals surface area contributed by atoms with Gasteiger partial charge in [0.1, 0.15) is 11.5 Å². The van der Waals surface area contributed by atoms with E-state index in [1.165, 1.54) is 0 Å². The fraction of sp³-hybridized carbons (Fsp3) is 0. The summed E-state index contributed by atoms with van der Waals surface area (Å²) in [6.45, 7) is 0. The highest BCUT2D eigenvalue weighted by molar-refractivity contribution is 6.32. The zero-order chi connectivity index (χ0) is 10.7. The van der Waals surface area contributed by atoms with Gasteiger partial charge >= 0.3 is 0 Å². The smallest absolute Gasteiger partial charge is 0.146 e. The lowest BCUT2D eigenvalue weighted by Crippen LogP contribution is -1.86. The molecule has 0 aliphatic carbocycles. The van der Waals surface area contributed by atoms with E-state index < -0.39 is 0 Å². The van der Waals surface area contributed by atoms with Crippen LogP contribution in [0.1, 0.15) is 0 Å². The molecule has 0 atom stereocenters. The first-order chi connectivity index (χ1) is 7.25. The quantitative estimate of drug-likeness (QED) is 0.819. The van der Waals surface area contributed by atoms with Gasteiger partial charge in [-0.1, -0.05) is 23.7 Å². The lowest BCUT2D eigenvalue weighted by molar-refractivity contribution is 0.483. The molecule has 0 spiro atoms. The summed E-state index contributed by atoms with van der Waals surface area (Å²) in [4.78, 5) is 0. The minimum atomic E-state index is 0. The lowest BCUT2D eigenvalue weighted by Gasteiger charge is -2.06. The van der Waals surface area contributed by atoms with E-state index in [1.807, 2.05) is 18.2 Å². The number of para-hydroxylation sites is 1. The molecule has 0 saturated heterocycles. The van der Waals surface area contributed by atoms with Crippen molar-refractivity contribution in [2.24, 2.45) is 0 Å². The zero-order valence-corrected chi connectivity index (χ0v) is 9.96. The Hall–Kier alpha value is -1.38. The maximum atomic E-state index is 5.96. The Bertz CT molecular complexity index is 457. The molecule has 0 radical (unpaired) electrons. The summed E-state index contributed by atoms with van der Waals surface area (Å²) in [6, 6.07) is 14.5. The van der Waals surface area contributed by atoms with Gasteiger partial charge in [0.2, 0.25) is 0 Å². The van der Waals surface area contributed by atoms with E-state index in [9.17, 15) is 0 Å². The van der Waals surface area contributed by atoms with Crippen LogP contribution >= 0.6 is 24.0 Å². The molecule has 4 heteroatoms. The molecule has 0 fully saturated rings. The number of hydrogen-bond acceptors (Lipinski definition) is 2. The second-order valence-electron chi connectivity index (χ2n) is 3.10. The Kier molecular flexibility index (Phi) is 4.47. The molecule has 2 aromatic carbocycles. The maximum Gasteiger partial charge on any atom is 0.146 e.